The second kappa shape index (κ2) is 8.96. The molecule has 0 radical (unpaired) electrons. The van der Waals surface area contributed by atoms with Crippen molar-refractivity contribution in [1.29, 1.82) is 0 Å². The summed E-state index contributed by atoms with van der Waals surface area (Å²) in [5.74, 6) is 0.653. The van der Waals surface area contributed by atoms with Crippen LogP contribution in [-0.4, -0.2) is 39.5 Å². The van der Waals surface area contributed by atoms with E-state index < -0.39 is 5.54 Å². The van der Waals surface area contributed by atoms with E-state index in [1.165, 1.54) is 0 Å². The van der Waals surface area contributed by atoms with Gasteiger partial charge in [-0.25, -0.2) is 4.98 Å². The van der Waals surface area contributed by atoms with Crippen LogP contribution in [0.15, 0.2) is 79.4 Å². The Morgan fingerprint density at radius 1 is 1.11 bits per heavy atom. The molecule has 2 N–H and O–H groups in total. The summed E-state index contributed by atoms with van der Waals surface area (Å²) >= 11 is 0. The van der Waals surface area contributed by atoms with Crippen molar-refractivity contribution in [2.45, 2.75) is 37.8 Å². The van der Waals surface area contributed by atoms with Crippen molar-refractivity contribution in [3.05, 3.63) is 96.1 Å². The number of hydrogen-bond donors (Lipinski definition) is 2. The predicted molar refractivity (Wildman–Crippen MR) is 147 cm³/mol. The molecule has 7 nitrogen and oxygen atoms in total. The molecule has 1 saturated heterocycles. The summed E-state index contributed by atoms with van der Waals surface area (Å²) in [6, 6.07) is 18.7. The minimum absolute atomic E-state index is 0.0745. The number of nitrogens with one attached hydrogen (secondary N) is 2. The van der Waals surface area contributed by atoms with Crippen molar-refractivity contribution < 1.29 is 9.53 Å². The van der Waals surface area contributed by atoms with Crippen LogP contribution >= 0.6 is 0 Å². The molecule has 2 fully saturated rings. The highest BCUT2D eigenvalue weighted by Crippen LogP contribution is 2.49. The maximum atomic E-state index is 13.7. The monoisotopic (exact) mass is 503 g/mol. The van der Waals surface area contributed by atoms with Gasteiger partial charge in [-0.2, -0.15) is 0 Å². The number of carbonyl (C=O) groups is 1. The van der Waals surface area contributed by atoms with Gasteiger partial charge in [-0.15, -0.1) is 0 Å². The number of hydrogen-bond acceptors (Lipinski definition) is 5. The molecule has 7 heteroatoms. The molecule has 2 aliphatic rings. The minimum Gasteiger partial charge on any atom is -0.492 e. The normalized spacial score (nSPS) is 17.8. The number of nitrogens with zero attached hydrogens (tertiary/aromatic N) is 3. The van der Waals surface area contributed by atoms with Crippen molar-refractivity contribution in [3.8, 4) is 16.9 Å². The molecule has 1 unspecified atom stereocenters. The lowest BCUT2D eigenvalue weighted by Gasteiger charge is -2.27. The minimum atomic E-state index is -0.424. The summed E-state index contributed by atoms with van der Waals surface area (Å²) < 4.78 is 7.99. The zero-order valence-electron chi connectivity index (χ0n) is 21.3. The van der Waals surface area contributed by atoms with Crippen molar-refractivity contribution in [1.82, 2.24) is 25.0 Å². The molecule has 38 heavy (non-hydrogen) atoms. The molecule has 5 aromatic rings. The van der Waals surface area contributed by atoms with Crippen LogP contribution in [0.25, 0.3) is 27.7 Å². The third kappa shape index (κ3) is 4.09. The molecule has 0 spiro atoms. The number of pyridine rings is 2. The van der Waals surface area contributed by atoms with Gasteiger partial charge < -0.3 is 19.8 Å². The smallest absolute Gasteiger partial charge is 0.252 e. The zero-order valence-corrected chi connectivity index (χ0v) is 21.3. The number of amides is 1. The van der Waals surface area contributed by atoms with E-state index >= 15 is 0 Å². The van der Waals surface area contributed by atoms with E-state index in [9.17, 15) is 4.79 Å². The standard InChI is InChI=1S/C31H29N5O2/c1-20-4-6-24(38-19-23-8-12-32-23)17-26(20)30(37)35-31(9-10-31)27-15-22(16-28-25(27)3-2-11-33-28)21-5-7-29-34-13-14-36(29)18-21/h2-7,11,13-18,23,32H,8-10,12,19H2,1H3,(H,35,37). The highest BCUT2D eigenvalue weighted by atomic mass is 16.5. The SMILES string of the molecule is Cc1ccc(OCC2CCN2)cc1C(=O)NC1(c2cc(-c3ccc4nccn4c3)cc3ncccc23)CC1. The van der Waals surface area contributed by atoms with Gasteiger partial charge in [0.05, 0.1) is 11.1 Å². The highest BCUT2D eigenvalue weighted by Gasteiger charge is 2.47. The summed E-state index contributed by atoms with van der Waals surface area (Å²) in [5.41, 5.74) is 6.24. The Morgan fingerprint density at radius 3 is 2.82 bits per heavy atom. The van der Waals surface area contributed by atoms with E-state index in [-0.39, 0.29) is 5.91 Å². The first-order valence-corrected chi connectivity index (χ1v) is 13.2. The molecule has 2 aromatic carbocycles. The number of rotatable bonds is 7. The summed E-state index contributed by atoms with van der Waals surface area (Å²) in [4.78, 5) is 22.7. The summed E-state index contributed by atoms with van der Waals surface area (Å²) in [6.45, 7) is 3.63. The average molecular weight is 504 g/mol. The van der Waals surface area contributed by atoms with Gasteiger partial charge >= 0.3 is 0 Å². The molecular formula is C31H29N5O2. The van der Waals surface area contributed by atoms with Crippen LogP contribution in [-0.2, 0) is 5.54 Å². The van der Waals surface area contributed by atoms with Gasteiger partial charge in [0.1, 0.15) is 18.0 Å². The molecule has 190 valence electrons. The Hall–Kier alpha value is -4.23. The maximum Gasteiger partial charge on any atom is 0.252 e. The Bertz CT molecular complexity index is 1680. The first kappa shape index (κ1) is 22.9. The first-order chi connectivity index (χ1) is 18.6. The van der Waals surface area contributed by atoms with E-state index in [4.69, 9.17) is 4.74 Å². The largest absolute Gasteiger partial charge is 0.492 e. The quantitative estimate of drug-likeness (QED) is 0.326. The molecule has 1 aliphatic heterocycles. The lowest BCUT2D eigenvalue weighted by atomic mass is 9.93. The van der Waals surface area contributed by atoms with Gasteiger partial charge in [-0.05, 0) is 97.4 Å². The highest BCUT2D eigenvalue weighted by molar-refractivity contribution is 5.98. The molecule has 0 bridgehead atoms. The van der Waals surface area contributed by atoms with E-state index in [2.05, 4.69) is 51.1 Å². The first-order valence-electron chi connectivity index (χ1n) is 13.2. The zero-order chi connectivity index (χ0) is 25.7. The Kier molecular flexibility index (Phi) is 5.40. The molecule has 3 aromatic heterocycles. The fourth-order valence-corrected chi connectivity index (χ4v) is 5.33. The van der Waals surface area contributed by atoms with Gasteiger partial charge in [0, 0.05) is 41.8 Å². The Morgan fingerprint density at radius 2 is 2.00 bits per heavy atom. The summed E-state index contributed by atoms with van der Waals surface area (Å²) in [6.07, 6.45) is 10.5. The lowest BCUT2D eigenvalue weighted by Crippen LogP contribution is -2.46. The van der Waals surface area contributed by atoms with Gasteiger partial charge in [0.25, 0.3) is 5.91 Å². The topological polar surface area (TPSA) is 80.5 Å². The summed E-state index contributed by atoms with van der Waals surface area (Å²) in [7, 11) is 0. The Balaban J connectivity index is 1.22. The number of aryl methyl sites for hydroxylation is 1. The molecule has 1 amide bonds. The molecule has 1 aliphatic carbocycles. The fourth-order valence-electron chi connectivity index (χ4n) is 5.33. The van der Waals surface area contributed by atoms with E-state index in [1.807, 2.05) is 54.0 Å². The van der Waals surface area contributed by atoms with Crippen LogP contribution in [0.1, 0.15) is 40.7 Å². The molecule has 4 heterocycles. The summed E-state index contributed by atoms with van der Waals surface area (Å²) in [5, 5.41) is 7.82. The van der Waals surface area contributed by atoms with Gasteiger partial charge in [0.2, 0.25) is 0 Å². The number of imidazole rings is 1. The second-order valence-corrected chi connectivity index (χ2v) is 10.5. The Labute approximate surface area is 220 Å². The number of aromatic nitrogens is 3. The van der Waals surface area contributed by atoms with E-state index in [0.717, 1.165) is 70.4 Å². The maximum absolute atomic E-state index is 13.7. The van der Waals surface area contributed by atoms with Gasteiger partial charge in [-0.3, -0.25) is 9.78 Å². The van der Waals surface area contributed by atoms with E-state index in [0.29, 0.717) is 18.2 Å². The van der Waals surface area contributed by atoms with Crippen molar-refractivity contribution in [3.63, 3.8) is 0 Å². The molecule has 1 atom stereocenters. The predicted octanol–water partition coefficient (Wildman–Crippen LogP) is 5.02. The molecular weight excluding hydrogens is 474 g/mol. The fraction of sp³-hybridized carbons (Fsp3) is 0.258. The van der Waals surface area contributed by atoms with Crippen molar-refractivity contribution in [2.24, 2.45) is 0 Å². The number of carbonyl (C=O) groups excluding carboxylic acids is 1. The van der Waals surface area contributed by atoms with Crippen LogP contribution < -0.4 is 15.4 Å². The number of ether oxygens (including phenoxy) is 1. The van der Waals surface area contributed by atoms with Gasteiger partial charge in [0.15, 0.2) is 0 Å². The third-order valence-electron chi connectivity index (χ3n) is 7.89. The van der Waals surface area contributed by atoms with Crippen LogP contribution in [0.3, 0.4) is 0 Å². The van der Waals surface area contributed by atoms with Crippen molar-refractivity contribution in [2.75, 3.05) is 13.2 Å². The molecule has 1 saturated carbocycles. The van der Waals surface area contributed by atoms with Crippen LogP contribution in [0.5, 0.6) is 5.75 Å². The lowest BCUT2D eigenvalue weighted by molar-refractivity contribution is 0.0930. The van der Waals surface area contributed by atoms with Crippen LogP contribution in [0.2, 0.25) is 0 Å². The average Bonchev–Trinajstić information content (AvgIpc) is 3.53. The third-order valence-corrected chi connectivity index (χ3v) is 7.89. The van der Waals surface area contributed by atoms with E-state index in [1.54, 1.807) is 6.20 Å². The molecule has 7 rings (SSSR count). The van der Waals surface area contributed by atoms with Crippen molar-refractivity contribution >= 4 is 22.5 Å². The van der Waals surface area contributed by atoms with Crippen LogP contribution in [0.4, 0.5) is 0 Å². The van der Waals surface area contributed by atoms with Crippen LogP contribution in [0, 0.1) is 6.92 Å². The second-order valence-electron chi connectivity index (χ2n) is 10.5. The van der Waals surface area contributed by atoms with Gasteiger partial charge in [-0.1, -0.05) is 12.1 Å². The number of benzene rings is 2. The number of fused-ring (bicyclic) bond motifs is 2.